The smallest absolute Gasteiger partial charge is 0.227 e. The van der Waals surface area contributed by atoms with Crippen LogP contribution in [0.1, 0.15) is 36.5 Å². The van der Waals surface area contributed by atoms with Gasteiger partial charge in [0.15, 0.2) is 0 Å². The van der Waals surface area contributed by atoms with E-state index in [1.807, 2.05) is 51.1 Å². The molecule has 0 saturated carbocycles. The van der Waals surface area contributed by atoms with Crippen molar-refractivity contribution in [3.8, 4) is 5.88 Å². The van der Waals surface area contributed by atoms with Crippen molar-refractivity contribution in [3.63, 3.8) is 0 Å². The van der Waals surface area contributed by atoms with Gasteiger partial charge in [0.2, 0.25) is 17.7 Å². The zero-order chi connectivity index (χ0) is 20.1. The summed E-state index contributed by atoms with van der Waals surface area (Å²) in [6.45, 7) is 7.38. The Bertz CT molecular complexity index is 866. The number of carbonyl (C=O) groups is 2. The van der Waals surface area contributed by atoms with E-state index in [9.17, 15) is 9.59 Å². The quantitative estimate of drug-likeness (QED) is 0.800. The molecule has 2 amide bonds. The lowest BCUT2D eigenvalue weighted by molar-refractivity contribution is -0.126. The fourth-order valence-electron chi connectivity index (χ4n) is 3.36. The molecule has 0 radical (unpaired) electrons. The van der Waals surface area contributed by atoms with Crippen molar-refractivity contribution in [1.29, 1.82) is 0 Å². The number of hydrogen-bond donors (Lipinski definition) is 1. The second-order valence-electron chi connectivity index (χ2n) is 7.16. The lowest BCUT2D eigenvalue weighted by atomic mass is 10.1. The molecule has 1 aliphatic rings. The Morgan fingerprint density at radius 1 is 1.29 bits per heavy atom. The fourth-order valence-corrected chi connectivity index (χ4v) is 3.36. The first kappa shape index (κ1) is 19.9. The molecular formula is C22H27N3O3. The van der Waals surface area contributed by atoms with Crippen molar-refractivity contribution in [2.24, 2.45) is 5.92 Å². The Labute approximate surface area is 165 Å². The van der Waals surface area contributed by atoms with Crippen molar-refractivity contribution in [2.75, 3.05) is 18.1 Å². The average Bonchev–Trinajstić information content (AvgIpc) is 3.08. The Morgan fingerprint density at radius 2 is 2.11 bits per heavy atom. The molecule has 0 aliphatic carbocycles. The van der Waals surface area contributed by atoms with Gasteiger partial charge in [0, 0.05) is 37.0 Å². The highest BCUT2D eigenvalue weighted by molar-refractivity contribution is 6.00. The van der Waals surface area contributed by atoms with Crippen molar-refractivity contribution in [2.45, 2.75) is 40.2 Å². The molecule has 1 fully saturated rings. The summed E-state index contributed by atoms with van der Waals surface area (Å²) in [5, 5.41) is 2.94. The summed E-state index contributed by atoms with van der Waals surface area (Å²) >= 11 is 0. The number of amides is 2. The molecule has 6 heteroatoms. The standard InChI is InChI=1S/C22H27N3O3/c1-4-11-28-22-17(8-6-10-23-22)13-24-21(27)18-12-20(26)25(14-18)19-9-5-7-15(2)16(19)3/h5-10,18H,4,11-14H2,1-3H3,(H,24,27). The molecule has 2 aromatic rings. The van der Waals surface area contributed by atoms with Gasteiger partial charge in [0.25, 0.3) is 0 Å². The summed E-state index contributed by atoms with van der Waals surface area (Å²) < 4.78 is 5.64. The predicted octanol–water partition coefficient (Wildman–Crippen LogP) is 3.16. The Hall–Kier alpha value is -2.89. The van der Waals surface area contributed by atoms with Crippen LogP contribution in [-0.2, 0) is 16.1 Å². The SMILES string of the molecule is CCCOc1ncccc1CNC(=O)C1CC(=O)N(c2cccc(C)c2C)C1. The Balaban J connectivity index is 1.63. The molecule has 1 saturated heterocycles. The van der Waals surface area contributed by atoms with E-state index < -0.39 is 0 Å². The topological polar surface area (TPSA) is 71.5 Å². The van der Waals surface area contributed by atoms with Gasteiger partial charge < -0.3 is 15.0 Å². The minimum Gasteiger partial charge on any atom is -0.477 e. The Kier molecular flexibility index (Phi) is 6.29. The molecule has 1 aromatic carbocycles. The third kappa shape index (κ3) is 4.32. The maximum absolute atomic E-state index is 12.7. The van der Waals surface area contributed by atoms with Crippen molar-refractivity contribution in [1.82, 2.24) is 10.3 Å². The summed E-state index contributed by atoms with van der Waals surface area (Å²) in [7, 11) is 0. The number of nitrogens with one attached hydrogen (secondary N) is 1. The molecular weight excluding hydrogens is 354 g/mol. The van der Waals surface area contributed by atoms with E-state index >= 15 is 0 Å². The van der Waals surface area contributed by atoms with Gasteiger partial charge in [0.1, 0.15) is 0 Å². The lowest BCUT2D eigenvalue weighted by Gasteiger charge is -2.20. The average molecular weight is 381 g/mol. The van der Waals surface area contributed by atoms with Gasteiger partial charge in [-0.25, -0.2) is 4.98 Å². The number of anilines is 1. The molecule has 0 bridgehead atoms. The van der Waals surface area contributed by atoms with Crippen LogP contribution in [0.4, 0.5) is 5.69 Å². The van der Waals surface area contributed by atoms with E-state index in [1.165, 1.54) is 0 Å². The van der Waals surface area contributed by atoms with E-state index in [0.29, 0.717) is 25.6 Å². The van der Waals surface area contributed by atoms with E-state index in [-0.39, 0.29) is 24.2 Å². The van der Waals surface area contributed by atoms with Crippen LogP contribution in [0.2, 0.25) is 0 Å². The largest absolute Gasteiger partial charge is 0.477 e. The minimum absolute atomic E-state index is 0.0119. The molecule has 2 heterocycles. The zero-order valence-electron chi connectivity index (χ0n) is 16.7. The maximum Gasteiger partial charge on any atom is 0.227 e. The highest BCUT2D eigenvalue weighted by Gasteiger charge is 2.35. The molecule has 1 unspecified atom stereocenters. The number of aromatic nitrogens is 1. The van der Waals surface area contributed by atoms with Crippen molar-refractivity contribution in [3.05, 3.63) is 53.2 Å². The van der Waals surface area contributed by atoms with Gasteiger partial charge in [-0.05, 0) is 43.5 Å². The molecule has 28 heavy (non-hydrogen) atoms. The predicted molar refractivity (Wildman–Crippen MR) is 108 cm³/mol. The fraction of sp³-hybridized carbons (Fsp3) is 0.409. The molecule has 1 aromatic heterocycles. The monoisotopic (exact) mass is 381 g/mol. The highest BCUT2D eigenvalue weighted by Crippen LogP contribution is 2.29. The summed E-state index contributed by atoms with van der Waals surface area (Å²) in [5.41, 5.74) is 3.93. The number of aryl methyl sites for hydroxylation is 1. The normalized spacial score (nSPS) is 16.3. The van der Waals surface area contributed by atoms with Gasteiger partial charge in [-0.3, -0.25) is 9.59 Å². The third-order valence-electron chi connectivity index (χ3n) is 5.11. The van der Waals surface area contributed by atoms with Crippen LogP contribution >= 0.6 is 0 Å². The second kappa shape index (κ2) is 8.87. The number of hydrogen-bond acceptors (Lipinski definition) is 4. The molecule has 1 N–H and O–H groups in total. The van der Waals surface area contributed by atoms with E-state index in [4.69, 9.17) is 4.74 Å². The zero-order valence-corrected chi connectivity index (χ0v) is 16.7. The molecule has 3 rings (SSSR count). The molecule has 1 atom stereocenters. The van der Waals surface area contributed by atoms with Crippen LogP contribution in [0.25, 0.3) is 0 Å². The van der Waals surface area contributed by atoms with Gasteiger partial charge >= 0.3 is 0 Å². The van der Waals surface area contributed by atoms with Gasteiger partial charge in [-0.15, -0.1) is 0 Å². The van der Waals surface area contributed by atoms with E-state index in [1.54, 1.807) is 11.1 Å². The van der Waals surface area contributed by atoms with Crippen molar-refractivity contribution < 1.29 is 14.3 Å². The van der Waals surface area contributed by atoms with Gasteiger partial charge in [-0.2, -0.15) is 0 Å². The number of nitrogens with zero attached hydrogens (tertiary/aromatic N) is 2. The van der Waals surface area contributed by atoms with Crippen LogP contribution < -0.4 is 15.0 Å². The second-order valence-corrected chi connectivity index (χ2v) is 7.16. The first-order chi connectivity index (χ1) is 13.5. The molecule has 1 aliphatic heterocycles. The van der Waals surface area contributed by atoms with Crippen LogP contribution in [0.15, 0.2) is 36.5 Å². The summed E-state index contributed by atoms with van der Waals surface area (Å²) in [6, 6.07) is 9.61. The number of rotatable bonds is 7. The van der Waals surface area contributed by atoms with E-state index in [2.05, 4.69) is 10.3 Å². The number of ether oxygens (including phenoxy) is 1. The van der Waals surface area contributed by atoms with Crippen LogP contribution in [-0.4, -0.2) is 29.9 Å². The third-order valence-corrected chi connectivity index (χ3v) is 5.11. The van der Waals surface area contributed by atoms with Crippen LogP contribution in [0, 0.1) is 19.8 Å². The summed E-state index contributed by atoms with van der Waals surface area (Å²) in [5.74, 6) is 0.0573. The van der Waals surface area contributed by atoms with Crippen LogP contribution in [0.5, 0.6) is 5.88 Å². The van der Waals surface area contributed by atoms with Crippen LogP contribution in [0.3, 0.4) is 0 Å². The van der Waals surface area contributed by atoms with Crippen molar-refractivity contribution >= 4 is 17.5 Å². The summed E-state index contributed by atoms with van der Waals surface area (Å²) in [6.07, 6.45) is 2.79. The highest BCUT2D eigenvalue weighted by atomic mass is 16.5. The number of carbonyl (C=O) groups excluding carboxylic acids is 2. The molecule has 148 valence electrons. The number of pyridine rings is 1. The van der Waals surface area contributed by atoms with Gasteiger partial charge in [-0.1, -0.05) is 25.1 Å². The first-order valence-corrected chi connectivity index (χ1v) is 9.72. The van der Waals surface area contributed by atoms with Gasteiger partial charge in [0.05, 0.1) is 12.5 Å². The molecule has 6 nitrogen and oxygen atoms in total. The van der Waals surface area contributed by atoms with E-state index in [0.717, 1.165) is 28.8 Å². The maximum atomic E-state index is 12.7. The first-order valence-electron chi connectivity index (χ1n) is 9.72. The minimum atomic E-state index is -0.357. The number of benzene rings is 1. The lowest BCUT2D eigenvalue weighted by Crippen LogP contribution is -2.33. The molecule has 0 spiro atoms. The Morgan fingerprint density at radius 3 is 2.89 bits per heavy atom. The summed E-state index contributed by atoms with van der Waals surface area (Å²) in [4.78, 5) is 31.1.